The quantitative estimate of drug-likeness (QED) is 0.318. The van der Waals surface area contributed by atoms with Crippen molar-refractivity contribution in [3.63, 3.8) is 0 Å². The molecule has 1 N–H and O–H groups in total. The normalized spacial score (nSPS) is 17.2. The van der Waals surface area contributed by atoms with Gasteiger partial charge in [0.1, 0.15) is 0 Å². The Morgan fingerprint density at radius 1 is 1.77 bits per heavy atom. The average molecular weight is 208 g/mol. The Hall–Kier alpha value is -0.640. The van der Waals surface area contributed by atoms with E-state index in [1.165, 1.54) is 6.92 Å². The Morgan fingerprint density at radius 3 is 2.62 bits per heavy atom. The molecule has 0 amide bonds. The van der Waals surface area contributed by atoms with Gasteiger partial charge in [-0.05, 0) is 0 Å². The lowest BCUT2D eigenvalue weighted by atomic mass is 10.2. The van der Waals surface area contributed by atoms with Gasteiger partial charge >= 0.3 is 14.2 Å². The topological polar surface area (TPSA) is 72.8 Å². The fourth-order valence-corrected chi connectivity index (χ4v) is 1.16. The maximum Gasteiger partial charge on any atom is 0.332 e. The first-order valence-electron chi connectivity index (χ1n) is 3.71. The van der Waals surface area contributed by atoms with Crippen molar-refractivity contribution >= 4 is 14.2 Å². The zero-order valence-electron chi connectivity index (χ0n) is 7.57. The van der Waals surface area contributed by atoms with E-state index in [9.17, 15) is 9.36 Å². The molecule has 0 heterocycles. The van der Waals surface area contributed by atoms with Crippen LogP contribution in [0.5, 0.6) is 0 Å². The Morgan fingerprint density at radius 2 is 2.31 bits per heavy atom. The van der Waals surface area contributed by atoms with Gasteiger partial charge in [-0.3, -0.25) is 9.09 Å². The first-order valence-corrected chi connectivity index (χ1v) is 4.97. The van der Waals surface area contributed by atoms with E-state index in [4.69, 9.17) is 9.63 Å². The van der Waals surface area contributed by atoms with Crippen LogP contribution < -0.4 is 0 Å². The summed E-state index contributed by atoms with van der Waals surface area (Å²) in [6, 6.07) is 0. The molecule has 0 aliphatic heterocycles. The van der Waals surface area contributed by atoms with Crippen LogP contribution in [0.4, 0.5) is 0 Å². The lowest BCUT2D eigenvalue weighted by Gasteiger charge is -2.25. The second-order valence-corrected chi connectivity index (χ2v) is 3.22. The number of hydrogen-bond acceptors (Lipinski definition) is 4. The van der Waals surface area contributed by atoms with E-state index in [2.05, 4.69) is 11.1 Å². The largest absolute Gasteiger partial charge is 0.430 e. The van der Waals surface area contributed by atoms with E-state index < -0.39 is 20.0 Å². The molecule has 0 spiro atoms. The summed E-state index contributed by atoms with van der Waals surface area (Å²) < 4.78 is 19.7. The molecule has 2 atom stereocenters. The molecule has 76 valence electrons. The Bertz CT molecular complexity index is 227. The summed E-state index contributed by atoms with van der Waals surface area (Å²) in [6.45, 7) is 6.27. The van der Waals surface area contributed by atoms with Gasteiger partial charge in [0.2, 0.25) is 5.79 Å². The zero-order chi connectivity index (χ0) is 10.5. The van der Waals surface area contributed by atoms with Crippen LogP contribution in [0.1, 0.15) is 20.3 Å². The van der Waals surface area contributed by atoms with Gasteiger partial charge in [-0.1, -0.05) is 13.5 Å². The summed E-state index contributed by atoms with van der Waals surface area (Å²) in [4.78, 5) is 19.3. The third-order valence-electron chi connectivity index (χ3n) is 1.43. The fourth-order valence-electron chi connectivity index (χ4n) is 0.604. The second kappa shape index (κ2) is 5.17. The van der Waals surface area contributed by atoms with Gasteiger partial charge in [-0.25, -0.2) is 4.79 Å². The number of carbonyl (C=O) groups excluding carboxylic acids is 1. The van der Waals surface area contributed by atoms with Crippen molar-refractivity contribution in [2.45, 2.75) is 26.1 Å². The Kier molecular flexibility index (Phi) is 4.91. The van der Waals surface area contributed by atoms with Crippen molar-refractivity contribution in [3.8, 4) is 0 Å². The summed E-state index contributed by atoms with van der Waals surface area (Å²) in [7, 11) is -3.12. The molecule has 0 aromatic heterocycles. The molecule has 0 bridgehead atoms. The summed E-state index contributed by atoms with van der Waals surface area (Å²) >= 11 is 0. The van der Waals surface area contributed by atoms with Crippen LogP contribution >= 0.6 is 8.25 Å². The molecule has 0 fully saturated rings. The minimum Gasteiger partial charge on any atom is -0.430 e. The van der Waals surface area contributed by atoms with E-state index in [1.54, 1.807) is 6.92 Å². The van der Waals surface area contributed by atoms with Gasteiger partial charge in [0.15, 0.2) is 0 Å². The highest BCUT2D eigenvalue weighted by Gasteiger charge is 2.28. The molecule has 0 saturated heterocycles. The molecular weight excluding hydrogens is 195 g/mol. The van der Waals surface area contributed by atoms with Gasteiger partial charge < -0.3 is 9.63 Å². The maximum atomic E-state index is 10.8. The molecule has 5 nitrogen and oxygen atoms in total. The molecule has 0 aromatic carbocycles. The summed E-state index contributed by atoms with van der Waals surface area (Å²) in [5.41, 5.74) is 0. The summed E-state index contributed by atoms with van der Waals surface area (Å²) in [6.07, 6.45) is 1.25. The van der Waals surface area contributed by atoms with Gasteiger partial charge in [-0.15, -0.1) is 0 Å². The molecule has 0 aromatic rings. The van der Waals surface area contributed by atoms with E-state index in [1.807, 2.05) is 0 Å². The van der Waals surface area contributed by atoms with Crippen LogP contribution in [0.3, 0.4) is 0 Å². The third kappa shape index (κ3) is 4.83. The van der Waals surface area contributed by atoms with Crippen LogP contribution in [0, 0.1) is 0 Å². The molecule has 0 saturated carbocycles. The van der Waals surface area contributed by atoms with Crippen molar-refractivity contribution in [1.82, 2.24) is 0 Å². The van der Waals surface area contributed by atoms with E-state index >= 15 is 0 Å². The minimum atomic E-state index is -3.12. The monoisotopic (exact) mass is 208 g/mol. The summed E-state index contributed by atoms with van der Waals surface area (Å²) in [5.74, 6) is -2.04. The highest BCUT2D eigenvalue weighted by Crippen LogP contribution is 2.29. The van der Waals surface area contributed by atoms with Gasteiger partial charge in [0.05, 0.1) is 0 Å². The number of ether oxygens (including phenoxy) is 1. The van der Waals surface area contributed by atoms with Crippen LogP contribution in [0.25, 0.3) is 0 Å². The molecule has 0 aliphatic carbocycles. The van der Waals surface area contributed by atoms with E-state index in [-0.39, 0.29) is 6.42 Å². The Balaban J connectivity index is 4.35. The molecule has 0 rings (SSSR count). The Labute approximate surface area is 77.3 Å². The second-order valence-electron chi connectivity index (χ2n) is 2.48. The van der Waals surface area contributed by atoms with E-state index in [0.29, 0.717) is 0 Å². The number of rotatable bonds is 5. The average Bonchev–Trinajstić information content (AvgIpc) is 2.02. The lowest BCUT2D eigenvalue weighted by Crippen LogP contribution is -2.31. The van der Waals surface area contributed by atoms with Crippen molar-refractivity contribution < 1.29 is 23.5 Å². The zero-order valence-corrected chi connectivity index (χ0v) is 8.57. The SMILES string of the molecule is C=CC(=O)OC(C)(CC)O[PH](=O)O. The summed E-state index contributed by atoms with van der Waals surface area (Å²) in [5, 5.41) is 0. The first kappa shape index (κ1) is 12.4. The van der Waals surface area contributed by atoms with Gasteiger partial charge in [0, 0.05) is 19.4 Å². The lowest BCUT2D eigenvalue weighted by molar-refractivity contribution is -0.187. The van der Waals surface area contributed by atoms with Gasteiger partial charge in [-0.2, -0.15) is 0 Å². The number of hydrogen-bond donors (Lipinski definition) is 1. The van der Waals surface area contributed by atoms with E-state index in [0.717, 1.165) is 6.08 Å². The standard InChI is InChI=1S/C7H13O5P/c1-4-6(8)11-7(3,5-2)12-13(9)10/h4,13H,1,5H2,2-3H3,(H,9,10). The molecule has 6 heteroatoms. The smallest absolute Gasteiger partial charge is 0.332 e. The number of carbonyl (C=O) groups is 1. The van der Waals surface area contributed by atoms with Crippen molar-refractivity contribution in [2.75, 3.05) is 0 Å². The highest BCUT2D eigenvalue weighted by atomic mass is 31.1. The predicted molar refractivity (Wildman–Crippen MR) is 47.3 cm³/mol. The maximum absolute atomic E-state index is 10.8. The predicted octanol–water partition coefficient (Wildman–Crippen LogP) is 1.24. The van der Waals surface area contributed by atoms with Gasteiger partial charge in [0.25, 0.3) is 0 Å². The van der Waals surface area contributed by atoms with Crippen LogP contribution in [-0.4, -0.2) is 16.6 Å². The molecule has 0 aliphatic rings. The van der Waals surface area contributed by atoms with Crippen molar-refractivity contribution in [1.29, 1.82) is 0 Å². The number of esters is 1. The molecule has 13 heavy (non-hydrogen) atoms. The highest BCUT2D eigenvalue weighted by molar-refractivity contribution is 7.32. The molecule has 2 unspecified atom stereocenters. The molecular formula is C7H13O5P. The van der Waals surface area contributed by atoms with Crippen LogP contribution in [-0.2, 0) is 18.6 Å². The van der Waals surface area contributed by atoms with Crippen molar-refractivity contribution in [3.05, 3.63) is 12.7 Å². The first-order chi connectivity index (χ1) is 5.93. The minimum absolute atomic E-state index is 0.281. The third-order valence-corrected chi connectivity index (χ3v) is 2.04. The van der Waals surface area contributed by atoms with Crippen LogP contribution in [0.15, 0.2) is 12.7 Å². The molecule has 0 radical (unpaired) electrons. The van der Waals surface area contributed by atoms with Crippen molar-refractivity contribution in [2.24, 2.45) is 0 Å². The fraction of sp³-hybridized carbons (Fsp3) is 0.571. The van der Waals surface area contributed by atoms with Crippen LogP contribution in [0.2, 0.25) is 0 Å².